The molecule has 0 aliphatic heterocycles. The molecule has 0 aliphatic carbocycles. The number of amides is 1. The van der Waals surface area contributed by atoms with Crippen molar-refractivity contribution in [2.24, 2.45) is 0 Å². The predicted octanol–water partition coefficient (Wildman–Crippen LogP) is 3.32. The van der Waals surface area contributed by atoms with Crippen LogP contribution in [0.5, 0.6) is 0 Å². The van der Waals surface area contributed by atoms with Crippen LogP contribution in [0.15, 0.2) is 54.7 Å². The van der Waals surface area contributed by atoms with Gasteiger partial charge < -0.3 is 16.0 Å². The maximum absolute atomic E-state index is 12.9. The molecule has 0 spiro atoms. The fourth-order valence-electron chi connectivity index (χ4n) is 2.21. The lowest BCUT2D eigenvalue weighted by Gasteiger charge is -2.09. The molecule has 26 heavy (non-hydrogen) atoms. The molecular weight excluding hydrogens is 335 g/mol. The molecule has 0 unspecified atom stereocenters. The van der Waals surface area contributed by atoms with Gasteiger partial charge >= 0.3 is 0 Å². The van der Waals surface area contributed by atoms with Gasteiger partial charge in [0.05, 0.1) is 6.20 Å². The average Bonchev–Trinajstić information content (AvgIpc) is 2.63. The number of carbonyl (C=O) groups excluding carboxylic acids is 1. The summed E-state index contributed by atoms with van der Waals surface area (Å²) in [5.41, 5.74) is 2.41. The Labute approximate surface area is 149 Å². The largest absolute Gasteiger partial charge is 0.349 e. The third-order valence-electron chi connectivity index (χ3n) is 3.40. The molecule has 2 aromatic carbocycles. The molecule has 0 radical (unpaired) electrons. The lowest BCUT2D eigenvalue weighted by Crippen LogP contribution is -2.07. The van der Waals surface area contributed by atoms with Crippen molar-refractivity contribution < 1.29 is 9.18 Å². The van der Waals surface area contributed by atoms with E-state index in [1.807, 2.05) is 12.1 Å². The van der Waals surface area contributed by atoms with E-state index >= 15 is 0 Å². The number of rotatable bonds is 6. The number of benzene rings is 2. The summed E-state index contributed by atoms with van der Waals surface area (Å²) in [7, 11) is 0. The van der Waals surface area contributed by atoms with Crippen molar-refractivity contribution in [1.82, 2.24) is 15.2 Å². The molecule has 1 amide bonds. The van der Waals surface area contributed by atoms with Gasteiger partial charge in [-0.3, -0.25) is 4.79 Å². The Morgan fingerprint density at radius 2 is 1.73 bits per heavy atom. The third-order valence-corrected chi connectivity index (χ3v) is 3.40. The Balaban J connectivity index is 1.61. The van der Waals surface area contributed by atoms with Crippen molar-refractivity contribution in [1.29, 1.82) is 0 Å². The van der Waals surface area contributed by atoms with Gasteiger partial charge in [-0.15, -0.1) is 5.10 Å². The number of anilines is 4. The maximum atomic E-state index is 12.9. The molecule has 3 aromatic rings. The summed E-state index contributed by atoms with van der Waals surface area (Å²) in [4.78, 5) is 15.4. The van der Waals surface area contributed by atoms with Crippen molar-refractivity contribution in [2.45, 2.75) is 13.5 Å². The zero-order chi connectivity index (χ0) is 18.4. The highest BCUT2D eigenvalue weighted by atomic mass is 19.1. The zero-order valence-corrected chi connectivity index (χ0v) is 14.0. The van der Waals surface area contributed by atoms with E-state index in [-0.39, 0.29) is 11.7 Å². The summed E-state index contributed by atoms with van der Waals surface area (Å²) in [5.74, 6) is 0.480. The van der Waals surface area contributed by atoms with Crippen LogP contribution in [0.2, 0.25) is 0 Å². The summed E-state index contributed by atoms with van der Waals surface area (Å²) in [6, 6.07) is 13.4. The molecule has 0 saturated carbocycles. The molecule has 3 rings (SSSR count). The second kappa shape index (κ2) is 8.02. The minimum absolute atomic E-state index is 0.123. The first-order valence-corrected chi connectivity index (χ1v) is 7.91. The summed E-state index contributed by atoms with van der Waals surface area (Å²) in [6.45, 7) is 1.91. The standard InChI is InChI=1S/C18H17FN6O/c1-12(26)22-15-6-8-16(9-7-15)23-17-11-21-25-18(24-17)20-10-13-2-4-14(19)5-3-13/h2-9,11H,10H2,1H3,(H,22,26)(H2,20,23,24,25). The van der Waals surface area contributed by atoms with E-state index in [2.05, 4.69) is 31.1 Å². The van der Waals surface area contributed by atoms with Gasteiger partial charge in [-0.05, 0) is 42.0 Å². The molecule has 0 aliphatic rings. The first-order chi connectivity index (χ1) is 12.6. The van der Waals surface area contributed by atoms with E-state index < -0.39 is 0 Å². The molecule has 0 fully saturated rings. The minimum Gasteiger partial charge on any atom is -0.349 e. The Kier molecular flexibility index (Phi) is 5.33. The molecule has 1 heterocycles. The van der Waals surface area contributed by atoms with E-state index in [1.54, 1.807) is 24.3 Å². The normalized spacial score (nSPS) is 10.2. The van der Waals surface area contributed by atoms with Crippen LogP contribution in [-0.4, -0.2) is 21.1 Å². The van der Waals surface area contributed by atoms with Crippen molar-refractivity contribution >= 4 is 29.0 Å². The average molecular weight is 352 g/mol. The van der Waals surface area contributed by atoms with Crippen molar-refractivity contribution in [2.75, 3.05) is 16.0 Å². The van der Waals surface area contributed by atoms with E-state index in [1.165, 1.54) is 25.3 Å². The number of carbonyl (C=O) groups is 1. The van der Waals surface area contributed by atoms with Gasteiger partial charge in [0.2, 0.25) is 11.9 Å². The molecule has 1 aromatic heterocycles. The van der Waals surface area contributed by atoms with Crippen LogP contribution >= 0.6 is 0 Å². The first kappa shape index (κ1) is 17.3. The predicted molar refractivity (Wildman–Crippen MR) is 97.6 cm³/mol. The highest BCUT2D eigenvalue weighted by molar-refractivity contribution is 5.88. The molecule has 0 bridgehead atoms. The number of aromatic nitrogens is 3. The molecular formula is C18H17FN6O. The second-order valence-electron chi connectivity index (χ2n) is 5.53. The monoisotopic (exact) mass is 352 g/mol. The second-order valence-corrected chi connectivity index (χ2v) is 5.53. The van der Waals surface area contributed by atoms with Crippen LogP contribution in [0.1, 0.15) is 12.5 Å². The molecule has 8 heteroatoms. The SMILES string of the molecule is CC(=O)Nc1ccc(Nc2cnnc(NCc3ccc(F)cc3)n2)cc1. The van der Waals surface area contributed by atoms with Gasteiger partial charge in [-0.1, -0.05) is 12.1 Å². The van der Waals surface area contributed by atoms with Gasteiger partial charge in [-0.25, -0.2) is 4.39 Å². The molecule has 0 atom stereocenters. The van der Waals surface area contributed by atoms with Crippen molar-refractivity contribution in [3.8, 4) is 0 Å². The Morgan fingerprint density at radius 3 is 2.42 bits per heavy atom. The molecule has 132 valence electrons. The number of hydrogen-bond acceptors (Lipinski definition) is 6. The number of halogens is 1. The summed E-state index contributed by atoms with van der Waals surface area (Å²) in [6.07, 6.45) is 1.50. The van der Waals surface area contributed by atoms with Crippen molar-refractivity contribution in [3.63, 3.8) is 0 Å². The number of nitrogens with one attached hydrogen (secondary N) is 3. The lowest BCUT2D eigenvalue weighted by molar-refractivity contribution is -0.114. The van der Waals surface area contributed by atoms with E-state index in [0.717, 1.165) is 11.3 Å². The molecule has 0 saturated heterocycles. The molecule has 3 N–H and O–H groups in total. The number of nitrogens with zero attached hydrogens (tertiary/aromatic N) is 3. The highest BCUT2D eigenvalue weighted by Gasteiger charge is 2.03. The van der Waals surface area contributed by atoms with Crippen LogP contribution in [0, 0.1) is 5.82 Å². The van der Waals surface area contributed by atoms with Crippen LogP contribution in [0.3, 0.4) is 0 Å². The Bertz CT molecular complexity index is 883. The van der Waals surface area contributed by atoms with E-state index in [9.17, 15) is 9.18 Å². The summed E-state index contributed by atoms with van der Waals surface area (Å²) in [5, 5.41) is 16.7. The summed E-state index contributed by atoms with van der Waals surface area (Å²) < 4.78 is 12.9. The first-order valence-electron chi connectivity index (χ1n) is 7.91. The van der Waals surface area contributed by atoms with E-state index in [4.69, 9.17) is 0 Å². The maximum Gasteiger partial charge on any atom is 0.244 e. The smallest absolute Gasteiger partial charge is 0.244 e. The van der Waals surface area contributed by atoms with Crippen LogP contribution < -0.4 is 16.0 Å². The van der Waals surface area contributed by atoms with Crippen LogP contribution in [0.4, 0.5) is 27.5 Å². The van der Waals surface area contributed by atoms with Gasteiger partial charge in [-0.2, -0.15) is 10.1 Å². The minimum atomic E-state index is -0.276. The summed E-state index contributed by atoms with van der Waals surface area (Å²) >= 11 is 0. The fraction of sp³-hybridized carbons (Fsp3) is 0.111. The van der Waals surface area contributed by atoms with Gasteiger partial charge in [0.25, 0.3) is 0 Å². The van der Waals surface area contributed by atoms with Crippen LogP contribution in [0.25, 0.3) is 0 Å². The number of hydrogen-bond donors (Lipinski definition) is 3. The van der Waals surface area contributed by atoms with Gasteiger partial charge in [0, 0.05) is 24.8 Å². The van der Waals surface area contributed by atoms with E-state index in [0.29, 0.717) is 24.0 Å². The zero-order valence-electron chi connectivity index (χ0n) is 14.0. The van der Waals surface area contributed by atoms with Crippen molar-refractivity contribution in [3.05, 3.63) is 66.1 Å². The Morgan fingerprint density at radius 1 is 1.04 bits per heavy atom. The van der Waals surface area contributed by atoms with Crippen LogP contribution in [-0.2, 0) is 11.3 Å². The molecule has 7 nitrogen and oxygen atoms in total. The van der Waals surface area contributed by atoms with Gasteiger partial charge in [0.1, 0.15) is 5.82 Å². The highest BCUT2D eigenvalue weighted by Crippen LogP contribution is 2.17. The topological polar surface area (TPSA) is 91.8 Å². The van der Waals surface area contributed by atoms with Gasteiger partial charge in [0.15, 0.2) is 5.82 Å². The third kappa shape index (κ3) is 4.97. The fourth-order valence-corrected chi connectivity index (χ4v) is 2.21. The quantitative estimate of drug-likeness (QED) is 0.630. The lowest BCUT2D eigenvalue weighted by atomic mass is 10.2. The Hall–Kier alpha value is -3.55.